The second kappa shape index (κ2) is 13.4. The summed E-state index contributed by atoms with van der Waals surface area (Å²) in [6.07, 6.45) is 7.96. The van der Waals surface area contributed by atoms with Gasteiger partial charge in [-0.2, -0.15) is 0 Å². The molecule has 4 fully saturated rings. The predicted octanol–water partition coefficient (Wildman–Crippen LogP) is 3.53. The zero-order valence-electron chi connectivity index (χ0n) is 24.4. The Morgan fingerprint density at radius 2 is 0.951 bits per heavy atom. The Hall–Kier alpha value is -2.17. The van der Waals surface area contributed by atoms with E-state index in [1.807, 2.05) is 13.8 Å². The summed E-state index contributed by atoms with van der Waals surface area (Å²) >= 11 is 0. The van der Waals surface area contributed by atoms with Gasteiger partial charge in [-0.3, -0.25) is 19.2 Å². The number of hydrogen-bond acceptors (Lipinski definition) is 6. The molecule has 0 saturated heterocycles. The molecule has 10 nitrogen and oxygen atoms in total. The maximum Gasteiger partial charge on any atom is 0.307 e. The Morgan fingerprint density at radius 1 is 0.561 bits per heavy atom. The van der Waals surface area contributed by atoms with E-state index in [9.17, 15) is 37.8 Å². The smallest absolute Gasteiger partial charge is 0.307 e. The molecule has 0 aliphatic heterocycles. The number of carbonyl (C=O) groups excluding carboxylic acids is 2. The van der Waals surface area contributed by atoms with E-state index in [-0.39, 0.29) is 35.7 Å². The van der Waals surface area contributed by atoms with Crippen molar-refractivity contribution in [2.45, 2.75) is 126 Å². The van der Waals surface area contributed by atoms with Crippen LogP contribution in [-0.4, -0.2) is 65.0 Å². The van der Waals surface area contributed by atoms with Crippen LogP contribution in [0.15, 0.2) is 0 Å². The Labute approximate surface area is 243 Å². The molecule has 10 unspecified atom stereocenters. The highest BCUT2D eigenvalue weighted by molar-refractivity contribution is 7.92. The van der Waals surface area contributed by atoms with E-state index < -0.39 is 55.9 Å². The van der Waals surface area contributed by atoms with Crippen molar-refractivity contribution in [1.82, 2.24) is 10.6 Å². The molecular formula is C30H48N2O8S. The summed E-state index contributed by atoms with van der Waals surface area (Å²) < 4.78 is 27.6. The fraction of sp³-hybridized carbons (Fsp3) is 0.867. The average molecular weight is 597 g/mol. The minimum Gasteiger partial charge on any atom is -0.481 e. The van der Waals surface area contributed by atoms with E-state index in [4.69, 9.17) is 0 Å². The SMILES string of the molecule is CC1CCC(C(=O)O)C(C(=O)NC2CCCC(S(=O)(=O)C3CCCC(NC(=O)C4CC(C)CCC4C(=O)O)C3)C2)C1. The Morgan fingerprint density at radius 3 is 1.32 bits per heavy atom. The van der Waals surface area contributed by atoms with Crippen LogP contribution in [-0.2, 0) is 29.0 Å². The molecule has 0 aromatic heterocycles. The second-order valence-corrected chi connectivity index (χ2v) is 16.0. The second-order valence-electron chi connectivity index (χ2n) is 13.5. The molecule has 4 saturated carbocycles. The van der Waals surface area contributed by atoms with Gasteiger partial charge in [-0.1, -0.05) is 26.7 Å². The molecule has 0 aromatic carbocycles. The van der Waals surface area contributed by atoms with Crippen molar-refractivity contribution in [2.24, 2.45) is 35.5 Å². The largest absolute Gasteiger partial charge is 0.481 e. The molecule has 4 aliphatic carbocycles. The number of carboxylic acids is 2. The summed E-state index contributed by atoms with van der Waals surface area (Å²) in [6, 6.07) is -0.605. The van der Waals surface area contributed by atoms with Crippen molar-refractivity contribution in [3.05, 3.63) is 0 Å². The molecule has 0 spiro atoms. The monoisotopic (exact) mass is 596 g/mol. The summed E-state index contributed by atoms with van der Waals surface area (Å²) in [5, 5.41) is 24.1. The number of hydrogen-bond donors (Lipinski definition) is 4. The molecule has 4 rings (SSSR count). The van der Waals surface area contributed by atoms with Gasteiger partial charge < -0.3 is 20.8 Å². The standard InChI is InChI=1S/C30H48N2O8S/c1-17-9-11-23(29(35)36)25(13-17)27(33)31-19-5-3-7-21(15-19)41(39,40)22-8-4-6-20(16-22)32-28(34)26-14-18(2)10-12-24(26)30(37)38/h17-26H,3-16H2,1-2H3,(H,31,33)(H,32,34)(H,35,36)(H,37,38). The number of carboxylic acid groups (broad SMARTS) is 2. The maximum absolute atomic E-state index is 13.8. The Bertz CT molecular complexity index is 1020. The molecule has 4 aliphatic rings. The van der Waals surface area contributed by atoms with Gasteiger partial charge in [0.25, 0.3) is 0 Å². The lowest BCUT2D eigenvalue weighted by Gasteiger charge is -2.37. The van der Waals surface area contributed by atoms with Crippen molar-refractivity contribution in [3.63, 3.8) is 0 Å². The van der Waals surface area contributed by atoms with Crippen LogP contribution in [0.5, 0.6) is 0 Å². The summed E-state index contributed by atoms with van der Waals surface area (Å²) in [7, 11) is -3.53. The van der Waals surface area contributed by atoms with Crippen LogP contribution in [0.2, 0.25) is 0 Å². The first-order chi connectivity index (χ1) is 19.4. The molecular weight excluding hydrogens is 548 g/mol. The van der Waals surface area contributed by atoms with E-state index in [1.54, 1.807) is 0 Å². The van der Waals surface area contributed by atoms with Gasteiger partial charge >= 0.3 is 11.9 Å². The van der Waals surface area contributed by atoms with Crippen molar-refractivity contribution in [2.75, 3.05) is 0 Å². The molecule has 2 amide bonds. The Balaban J connectivity index is 1.35. The lowest BCUT2D eigenvalue weighted by atomic mass is 9.74. The number of carbonyl (C=O) groups is 4. The third-order valence-corrected chi connectivity index (χ3v) is 13.1. The molecule has 11 heteroatoms. The fourth-order valence-corrected chi connectivity index (χ4v) is 10.5. The molecule has 10 atom stereocenters. The van der Waals surface area contributed by atoms with Crippen LogP contribution in [0.4, 0.5) is 0 Å². The van der Waals surface area contributed by atoms with Gasteiger partial charge in [-0.25, -0.2) is 8.42 Å². The first kappa shape index (κ1) is 31.8. The van der Waals surface area contributed by atoms with E-state index in [1.165, 1.54) is 0 Å². The molecule has 232 valence electrons. The summed E-state index contributed by atoms with van der Waals surface area (Å²) in [5.74, 6) is -4.49. The van der Waals surface area contributed by atoms with Crippen LogP contribution < -0.4 is 10.6 Å². The van der Waals surface area contributed by atoms with E-state index >= 15 is 0 Å². The molecule has 4 N–H and O–H groups in total. The van der Waals surface area contributed by atoms with Gasteiger partial charge in [-0.15, -0.1) is 0 Å². The normalized spacial score (nSPS) is 38.4. The minimum absolute atomic E-state index is 0.274. The first-order valence-electron chi connectivity index (χ1n) is 15.7. The number of rotatable bonds is 8. The molecule has 0 heterocycles. The fourth-order valence-electron chi connectivity index (χ4n) is 7.97. The minimum atomic E-state index is -3.53. The zero-order valence-corrected chi connectivity index (χ0v) is 25.2. The average Bonchev–Trinajstić information content (AvgIpc) is 2.92. The lowest BCUT2D eigenvalue weighted by molar-refractivity contribution is -0.150. The number of nitrogens with one attached hydrogen (secondary N) is 2. The maximum atomic E-state index is 13.8. The third kappa shape index (κ3) is 7.62. The van der Waals surface area contributed by atoms with Crippen molar-refractivity contribution >= 4 is 33.6 Å². The Kier molecular flexibility index (Phi) is 10.4. The van der Waals surface area contributed by atoms with Crippen molar-refractivity contribution in [3.8, 4) is 0 Å². The van der Waals surface area contributed by atoms with Gasteiger partial charge in [0.15, 0.2) is 9.84 Å². The third-order valence-electron chi connectivity index (χ3n) is 10.4. The highest BCUT2D eigenvalue weighted by Crippen LogP contribution is 2.37. The van der Waals surface area contributed by atoms with E-state index in [2.05, 4.69) is 10.6 Å². The van der Waals surface area contributed by atoms with Crippen LogP contribution >= 0.6 is 0 Å². The number of sulfone groups is 1. The molecule has 0 radical (unpaired) electrons. The van der Waals surface area contributed by atoms with Crippen LogP contribution in [0, 0.1) is 35.5 Å². The lowest BCUT2D eigenvalue weighted by Crippen LogP contribution is -2.50. The van der Waals surface area contributed by atoms with Crippen molar-refractivity contribution < 1.29 is 37.8 Å². The van der Waals surface area contributed by atoms with Gasteiger partial charge in [0.2, 0.25) is 11.8 Å². The quantitative estimate of drug-likeness (QED) is 0.330. The van der Waals surface area contributed by atoms with Crippen LogP contribution in [0.3, 0.4) is 0 Å². The predicted molar refractivity (Wildman–Crippen MR) is 153 cm³/mol. The summed E-state index contributed by atoms with van der Waals surface area (Å²) in [5.41, 5.74) is 0. The van der Waals surface area contributed by atoms with Gasteiger partial charge in [0.05, 0.1) is 34.2 Å². The molecule has 41 heavy (non-hydrogen) atoms. The van der Waals surface area contributed by atoms with Gasteiger partial charge in [-0.05, 0) is 88.9 Å². The topological polar surface area (TPSA) is 167 Å². The van der Waals surface area contributed by atoms with Crippen molar-refractivity contribution in [1.29, 1.82) is 0 Å². The first-order valence-corrected chi connectivity index (χ1v) is 17.3. The molecule has 0 bridgehead atoms. The van der Waals surface area contributed by atoms with Gasteiger partial charge in [0.1, 0.15) is 0 Å². The highest BCUT2D eigenvalue weighted by Gasteiger charge is 2.43. The van der Waals surface area contributed by atoms with E-state index in [0.29, 0.717) is 77.0 Å². The number of aliphatic carboxylic acids is 2. The van der Waals surface area contributed by atoms with Gasteiger partial charge in [0, 0.05) is 12.1 Å². The van der Waals surface area contributed by atoms with Crippen LogP contribution in [0.25, 0.3) is 0 Å². The summed E-state index contributed by atoms with van der Waals surface area (Å²) in [4.78, 5) is 49.8. The highest BCUT2D eigenvalue weighted by atomic mass is 32.2. The van der Waals surface area contributed by atoms with E-state index in [0.717, 1.165) is 12.8 Å². The number of amides is 2. The summed E-state index contributed by atoms with van der Waals surface area (Å²) in [6.45, 7) is 4.06. The van der Waals surface area contributed by atoms with Crippen LogP contribution in [0.1, 0.15) is 104 Å². The zero-order chi connectivity index (χ0) is 29.9. The molecule has 0 aromatic rings.